The van der Waals surface area contributed by atoms with E-state index in [1.165, 1.54) is 18.2 Å². The number of carbonyl (C=O) groups excluding carboxylic acids is 2. The molecule has 8 nitrogen and oxygen atoms in total. The number of hydrogen-bond donors (Lipinski definition) is 4. The molecular formula is C16H16O8. The van der Waals surface area contributed by atoms with E-state index in [1.54, 1.807) is 0 Å². The molecule has 5 atom stereocenters. The average molecular weight is 336 g/mol. The molecule has 0 bridgehead atoms. The van der Waals surface area contributed by atoms with Crippen molar-refractivity contribution < 1.29 is 39.5 Å². The Kier molecular flexibility index (Phi) is 4.48. The number of ketones is 2. The van der Waals surface area contributed by atoms with E-state index in [2.05, 4.69) is 0 Å². The quantitative estimate of drug-likeness (QED) is 0.541. The molecule has 1 fully saturated rings. The van der Waals surface area contributed by atoms with Gasteiger partial charge >= 0.3 is 0 Å². The summed E-state index contributed by atoms with van der Waals surface area (Å²) in [6, 6.07) is 4.40. The standard InChI is InChI=1S/C16H16O8/c17-6-11-13(20)14(21)15(22)16(24-11)23-10-3-1-2-7-8(18)4-5-9(19)12(7)10/h1-5,11,13-17,20-22H,6H2. The highest BCUT2D eigenvalue weighted by Crippen LogP contribution is 2.30. The number of allylic oxidation sites excluding steroid dienone is 2. The summed E-state index contributed by atoms with van der Waals surface area (Å²) in [6.07, 6.45) is -5.01. The van der Waals surface area contributed by atoms with Crippen molar-refractivity contribution in [3.63, 3.8) is 0 Å². The highest BCUT2D eigenvalue weighted by atomic mass is 16.7. The van der Waals surface area contributed by atoms with Crippen molar-refractivity contribution in [3.05, 3.63) is 41.5 Å². The van der Waals surface area contributed by atoms with Gasteiger partial charge in [-0.3, -0.25) is 9.59 Å². The van der Waals surface area contributed by atoms with Crippen molar-refractivity contribution >= 4 is 11.6 Å². The zero-order valence-corrected chi connectivity index (χ0v) is 12.4. The van der Waals surface area contributed by atoms with Crippen LogP contribution in [-0.4, -0.2) is 69.3 Å². The van der Waals surface area contributed by atoms with Gasteiger partial charge in [-0.2, -0.15) is 0 Å². The third-order valence-electron chi connectivity index (χ3n) is 4.02. The predicted octanol–water partition coefficient (Wildman–Crippen LogP) is -1.20. The second-order valence-electron chi connectivity index (χ2n) is 5.56. The third kappa shape index (κ3) is 2.74. The van der Waals surface area contributed by atoms with Crippen LogP contribution in [-0.2, 0) is 4.74 Å². The van der Waals surface area contributed by atoms with E-state index in [0.29, 0.717) is 0 Å². The lowest BCUT2D eigenvalue weighted by molar-refractivity contribution is -0.277. The minimum absolute atomic E-state index is 0.000436. The lowest BCUT2D eigenvalue weighted by atomic mass is 9.94. The van der Waals surface area contributed by atoms with Crippen molar-refractivity contribution in [3.8, 4) is 5.75 Å². The lowest BCUT2D eigenvalue weighted by Gasteiger charge is -2.39. The molecule has 0 saturated carbocycles. The van der Waals surface area contributed by atoms with E-state index in [0.717, 1.165) is 12.2 Å². The summed E-state index contributed by atoms with van der Waals surface area (Å²) >= 11 is 0. The second-order valence-corrected chi connectivity index (χ2v) is 5.56. The predicted molar refractivity (Wildman–Crippen MR) is 78.6 cm³/mol. The summed E-state index contributed by atoms with van der Waals surface area (Å²) in [7, 11) is 0. The molecule has 1 aromatic rings. The van der Waals surface area contributed by atoms with Gasteiger partial charge in [-0.25, -0.2) is 0 Å². The second kappa shape index (κ2) is 6.42. The molecule has 1 heterocycles. The lowest BCUT2D eigenvalue weighted by Crippen LogP contribution is -2.60. The van der Waals surface area contributed by atoms with Gasteiger partial charge in [0.2, 0.25) is 6.29 Å². The van der Waals surface area contributed by atoms with Crippen LogP contribution in [0.25, 0.3) is 0 Å². The molecule has 1 aliphatic heterocycles. The Balaban J connectivity index is 1.91. The minimum Gasteiger partial charge on any atom is -0.461 e. The Bertz CT molecular complexity index is 695. The number of aliphatic hydroxyl groups is 4. The zero-order chi connectivity index (χ0) is 17.4. The van der Waals surface area contributed by atoms with Crippen LogP contribution in [0.1, 0.15) is 20.7 Å². The Morgan fingerprint density at radius 1 is 1.00 bits per heavy atom. The summed E-state index contributed by atoms with van der Waals surface area (Å²) in [5.41, 5.74) is 0.187. The molecule has 1 saturated heterocycles. The summed E-state index contributed by atoms with van der Waals surface area (Å²) in [6.45, 7) is -0.599. The van der Waals surface area contributed by atoms with Gasteiger partial charge < -0.3 is 29.9 Å². The number of carbonyl (C=O) groups is 2. The molecule has 0 radical (unpaired) electrons. The topological polar surface area (TPSA) is 134 Å². The fourth-order valence-corrected chi connectivity index (χ4v) is 2.70. The number of benzene rings is 1. The van der Waals surface area contributed by atoms with Crippen LogP contribution < -0.4 is 4.74 Å². The van der Waals surface area contributed by atoms with Crippen LogP contribution in [0.4, 0.5) is 0 Å². The Hall–Kier alpha value is -2.10. The van der Waals surface area contributed by atoms with Crippen molar-refractivity contribution in [2.75, 3.05) is 6.61 Å². The van der Waals surface area contributed by atoms with E-state index >= 15 is 0 Å². The van der Waals surface area contributed by atoms with Crippen LogP contribution in [0.5, 0.6) is 5.75 Å². The van der Waals surface area contributed by atoms with Gasteiger partial charge in [-0.1, -0.05) is 12.1 Å². The van der Waals surface area contributed by atoms with Gasteiger partial charge in [0.05, 0.1) is 12.2 Å². The molecule has 3 rings (SSSR count). The van der Waals surface area contributed by atoms with Gasteiger partial charge in [0, 0.05) is 5.56 Å². The molecule has 24 heavy (non-hydrogen) atoms. The smallest absolute Gasteiger partial charge is 0.229 e. The van der Waals surface area contributed by atoms with Gasteiger partial charge in [-0.05, 0) is 18.2 Å². The van der Waals surface area contributed by atoms with Crippen molar-refractivity contribution in [2.24, 2.45) is 0 Å². The summed E-state index contributed by atoms with van der Waals surface area (Å²) in [5, 5.41) is 38.7. The first-order valence-corrected chi connectivity index (χ1v) is 7.31. The molecule has 8 heteroatoms. The van der Waals surface area contributed by atoms with Gasteiger partial charge in [0.15, 0.2) is 11.6 Å². The number of rotatable bonds is 3. The normalized spacial score (nSPS) is 32.6. The van der Waals surface area contributed by atoms with Crippen LogP contribution in [0.15, 0.2) is 30.4 Å². The molecular weight excluding hydrogens is 320 g/mol. The number of fused-ring (bicyclic) bond motifs is 1. The molecule has 0 amide bonds. The number of hydrogen-bond acceptors (Lipinski definition) is 8. The highest BCUT2D eigenvalue weighted by Gasteiger charge is 2.45. The monoisotopic (exact) mass is 336 g/mol. The first-order valence-electron chi connectivity index (χ1n) is 7.31. The molecule has 2 aliphatic rings. The molecule has 5 unspecified atom stereocenters. The largest absolute Gasteiger partial charge is 0.461 e. The number of aliphatic hydroxyl groups excluding tert-OH is 4. The fourth-order valence-electron chi connectivity index (χ4n) is 2.70. The third-order valence-corrected chi connectivity index (χ3v) is 4.02. The molecule has 1 aliphatic carbocycles. The van der Waals surface area contributed by atoms with Crippen molar-refractivity contribution in [1.29, 1.82) is 0 Å². The van der Waals surface area contributed by atoms with Crippen LogP contribution >= 0.6 is 0 Å². The molecule has 0 spiro atoms. The van der Waals surface area contributed by atoms with Gasteiger partial charge in [0.1, 0.15) is 30.2 Å². The van der Waals surface area contributed by atoms with Crippen LogP contribution in [0.3, 0.4) is 0 Å². The summed E-state index contributed by atoms with van der Waals surface area (Å²) in [5.74, 6) is -0.798. The Morgan fingerprint density at radius 3 is 2.42 bits per heavy atom. The minimum atomic E-state index is -1.61. The summed E-state index contributed by atoms with van der Waals surface area (Å²) < 4.78 is 10.7. The number of ether oxygens (including phenoxy) is 2. The fraction of sp³-hybridized carbons (Fsp3) is 0.375. The van der Waals surface area contributed by atoms with Crippen molar-refractivity contribution in [2.45, 2.75) is 30.7 Å². The molecule has 4 N–H and O–H groups in total. The van der Waals surface area contributed by atoms with Gasteiger partial charge in [-0.15, -0.1) is 0 Å². The average Bonchev–Trinajstić information content (AvgIpc) is 2.58. The zero-order valence-electron chi connectivity index (χ0n) is 12.4. The van der Waals surface area contributed by atoms with E-state index in [1.807, 2.05) is 0 Å². The van der Waals surface area contributed by atoms with Crippen LogP contribution in [0, 0.1) is 0 Å². The molecule has 0 aromatic heterocycles. The Labute approximate surface area is 136 Å². The van der Waals surface area contributed by atoms with E-state index in [4.69, 9.17) is 9.47 Å². The maximum Gasteiger partial charge on any atom is 0.229 e. The SMILES string of the molecule is O=C1C=CC(=O)c2c(OC3OC(CO)C(O)C(O)C3O)cccc21. The van der Waals surface area contributed by atoms with E-state index < -0.39 is 43.1 Å². The molecule has 128 valence electrons. The highest BCUT2D eigenvalue weighted by molar-refractivity contribution is 6.23. The maximum absolute atomic E-state index is 12.1. The molecule has 1 aromatic carbocycles. The Morgan fingerprint density at radius 2 is 1.71 bits per heavy atom. The summed E-state index contributed by atoms with van der Waals surface area (Å²) in [4.78, 5) is 23.9. The van der Waals surface area contributed by atoms with Crippen molar-refractivity contribution in [1.82, 2.24) is 0 Å². The van der Waals surface area contributed by atoms with Gasteiger partial charge in [0.25, 0.3) is 0 Å². The van der Waals surface area contributed by atoms with E-state index in [9.17, 15) is 30.0 Å². The maximum atomic E-state index is 12.1. The van der Waals surface area contributed by atoms with Crippen LogP contribution in [0.2, 0.25) is 0 Å². The first-order chi connectivity index (χ1) is 11.4. The van der Waals surface area contributed by atoms with E-state index in [-0.39, 0.29) is 22.7 Å². The first kappa shape index (κ1) is 16.7.